The van der Waals surface area contributed by atoms with Crippen molar-refractivity contribution in [2.75, 3.05) is 26.4 Å². The maximum absolute atomic E-state index is 12.8. The Labute approximate surface area is 103 Å². The van der Waals surface area contributed by atoms with E-state index >= 15 is 0 Å². The molecule has 2 heterocycles. The van der Waals surface area contributed by atoms with Crippen molar-refractivity contribution in [2.45, 2.75) is 43.3 Å². The summed E-state index contributed by atoms with van der Waals surface area (Å²) in [6, 6.07) is -0.218. The molecule has 0 amide bonds. The summed E-state index contributed by atoms with van der Waals surface area (Å²) in [5.74, 6) is -3.97. The van der Waals surface area contributed by atoms with Crippen molar-refractivity contribution in [3.63, 3.8) is 0 Å². The second-order valence-corrected chi connectivity index (χ2v) is 4.97. The van der Waals surface area contributed by atoms with E-state index in [1.165, 1.54) is 0 Å². The molecule has 2 unspecified atom stereocenters. The highest BCUT2D eigenvalue weighted by atomic mass is 19.3. The van der Waals surface area contributed by atoms with Crippen LogP contribution in [-0.4, -0.2) is 50.4 Å². The van der Waals surface area contributed by atoms with Gasteiger partial charge in [0.2, 0.25) is 0 Å². The molecule has 0 aliphatic carbocycles. The number of ether oxygens (including phenoxy) is 2. The first-order valence-corrected chi connectivity index (χ1v) is 6.05. The fraction of sp³-hybridized carbons (Fsp3) is 1.00. The summed E-state index contributed by atoms with van der Waals surface area (Å²) in [5.41, 5.74) is -0.407. The molecule has 106 valence electrons. The van der Waals surface area contributed by atoms with E-state index in [9.17, 15) is 17.6 Å². The zero-order chi connectivity index (χ0) is 13.2. The first kappa shape index (κ1) is 14.0. The Balaban J connectivity index is 1.83. The van der Waals surface area contributed by atoms with Crippen LogP contribution in [0, 0.1) is 0 Å². The highest BCUT2D eigenvalue weighted by Crippen LogP contribution is 2.33. The van der Waals surface area contributed by atoms with E-state index in [2.05, 4.69) is 5.32 Å². The fourth-order valence-electron chi connectivity index (χ4n) is 2.42. The van der Waals surface area contributed by atoms with Gasteiger partial charge in [-0.3, -0.25) is 0 Å². The van der Waals surface area contributed by atoms with E-state index in [4.69, 9.17) is 9.47 Å². The molecule has 0 aromatic heterocycles. The van der Waals surface area contributed by atoms with E-state index in [-0.39, 0.29) is 6.04 Å². The number of hydrogen-bond donors (Lipinski definition) is 1. The summed E-state index contributed by atoms with van der Waals surface area (Å²) in [4.78, 5) is 0. The van der Waals surface area contributed by atoms with E-state index in [1.807, 2.05) is 0 Å². The van der Waals surface area contributed by atoms with Crippen molar-refractivity contribution >= 4 is 0 Å². The summed E-state index contributed by atoms with van der Waals surface area (Å²) in [7, 11) is 0. The van der Waals surface area contributed by atoms with Gasteiger partial charge in [0.05, 0.1) is 18.8 Å². The van der Waals surface area contributed by atoms with Gasteiger partial charge in [-0.15, -0.1) is 0 Å². The van der Waals surface area contributed by atoms with Gasteiger partial charge >= 0.3 is 12.3 Å². The predicted molar refractivity (Wildman–Crippen MR) is 56.1 cm³/mol. The van der Waals surface area contributed by atoms with Crippen molar-refractivity contribution in [1.82, 2.24) is 5.32 Å². The van der Waals surface area contributed by atoms with Gasteiger partial charge < -0.3 is 14.8 Å². The molecule has 0 radical (unpaired) electrons. The maximum Gasteiger partial charge on any atom is 0.319 e. The minimum Gasteiger partial charge on any atom is -0.378 e. The van der Waals surface area contributed by atoms with Crippen LogP contribution in [0.4, 0.5) is 17.6 Å². The Morgan fingerprint density at radius 2 is 2.11 bits per heavy atom. The Morgan fingerprint density at radius 3 is 2.72 bits per heavy atom. The van der Waals surface area contributed by atoms with Crippen molar-refractivity contribution in [2.24, 2.45) is 0 Å². The van der Waals surface area contributed by atoms with Gasteiger partial charge in [-0.2, -0.15) is 8.78 Å². The SMILES string of the molecule is FC(F)C(F)(F)CNC1CCOC2(CCOC2)C1. The van der Waals surface area contributed by atoms with Crippen LogP contribution >= 0.6 is 0 Å². The van der Waals surface area contributed by atoms with Crippen molar-refractivity contribution in [1.29, 1.82) is 0 Å². The zero-order valence-electron chi connectivity index (χ0n) is 9.93. The average molecular weight is 271 g/mol. The van der Waals surface area contributed by atoms with Crippen LogP contribution < -0.4 is 5.32 Å². The lowest BCUT2D eigenvalue weighted by Crippen LogP contribution is -2.50. The molecule has 2 atom stereocenters. The number of alkyl halides is 4. The topological polar surface area (TPSA) is 30.5 Å². The van der Waals surface area contributed by atoms with E-state index < -0.39 is 24.5 Å². The van der Waals surface area contributed by atoms with Crippen LogP contribution in [0.1, 0.15) is 19.3 Å². The van der Waals surface area contributed by atoms with Crippen molar-refractivity contribution in [3.8, 4) is 0 Å². The maximum atomic E-state index is 12.8. The molecule has 0 aromatic carbocycles. The molecule has 1 N–H and O–H groups in total. The van der Waals surface area contributed by atoms with E-state index in [1.54, 1.807) is 0 Å². The molecular weight excluding hydrogens is 254 g/mol. The monoisotopic (exact) mass is 271 g/mol. The summed E-state index contributed by atoms with van der Waals surface area (Å²) in [5, 5.41) is 2.53. The molecule has 2 aliphatic heterocycles. The molecule has 0 aromatic rings. The van der Waals surface area contributed by atoms with Gasteiger partial charge in [0.1, 0.15) is 0 Å². The smallest absolute Gasteiger partial charge is 0.319 e. The molecule has 2 rings (SSSR count). The summed E-state index contributed by atoms with van der Waals surface area (Å²) in [6.45, 7) is 0.504. The molecule has 7 heteroatoms. The van der Waals surface area contributed by atoms with Crippen LogP contribution in [0.25, 0.3) is 0 Å². The van der Waals surface area contributed by atoms with Gasteiger partial charge in [-0.25, -0.2) is 8.78 Å². The Kier molecular flexibility index (Phi) is 4.13. The predicted octanol–water partition coefficient (Wildman–Crippen LogP) is 1.81. The molecule has 1 spiro atoms. The molecular formula is C11H17F4NO2. The quantitative estimate of drug-likeness (QED) is 0.791. The number of hydrogen-bond acceptors (Lipinski definition) is 3. The zero-order valence-corrected chi connectivity index (χ0v) is 9.93. The minimum absolute atomic E-state index is 0.218. The minimum atomic E-state index is -3.97. The highest BCUT2D eigenvalue weighted by molar-refractivity contribution is 4.93. The normalized spacial score (nSPS) is 33.5. The van der Waals surface area contributed by atoms with Gasteiger partial charge in [0.15, 0.2) is 0 Å². The largest absolute Gasteiger partial charge is 0.378 e. The van der Waals surface area contributed by atoms with Gasteiger partial charge in [0.25, 0.3) is 0 Å². The third-order valence-electron chi connectivity index (χ3n) is 3.51. The first-order chi connectivity index (χ1) is 8.44. The van der Waals surface area contributed by atoms with E-state index in [0.29, 0.717) is 32.7 Å². The number of rotatable bonds is 4. The van der Waals surface area contributed by atoms with Gasteiger partial charge in [0, 0.05) is 25.7 Å². The third-order valence-corrected chi connectivity index (χ3v) is 3.51. The highest BCUT2D eigenvalue weighted by Gasteiger charge is 2.44. The molecule has 2 fully saturated rings. The molecule has 0 bridgehead atoms. The summed E-state index contributed by atoms with van der Waals surface area (Å²) < 4.78 is 60.5. The Morgan fingerprint density at radius 1 is 1.33 bits per heavy atom. The molecule has 3 nitrogen and oxygen atoms in total. The number of halogens is 4. The van der Waals surface area contributed by atoms with Crippen LogP contribution in [0.5, 0.6) is 0 Å². The Bertz CT molecular complexity index is 282. The molecule has 2 aliphatic rings. The second-order valence-electron chi connectivity index (χ2n) is 4.97. The summed E-state index contributed by atoms with van der Waals surface area (Å²) >= 11 is 0. The third kappa shape index (κ3) is 3.13. The van der Waals surface area contributed by atoms with Crippen LogP contribution in [0.15, 0.2) is 0 Å². The fourth-order valence-corrected chi connectivity index (χ4v) is 2.42. The first-order valence-electron chi connectivity index (χ1n) is 6.05. The van der Waals surface area contributed by atoms with Gasteiger partial charge in [-0.05, 0) is 12.8 Å². The molecule has 18 heavy (non-hydrogen) atoms. The van der Waals surface area contributed by atoms with Crippen molar-refractivity contribution in [3.05, 3.63) is 0 Å². The lowest BCUT2D eigenvalue weighted by atomic mass is 9.89. The summed E-state index contributed by atoms with van der Waals surface area (Å²) in [6.07, 6.45) is -1.81. The van der Waals surface area contributed by atoms with Crippen LogP contribution in [-0.2, 0) is 9.47 Å². The molecule has 0 saturated carbocycles. The second kappa shape index (κ2) is 5.30. The lowest BCUT2D eigenvalue weighted by Gasteiger charge is -2.37. The average Bonchev–Trinajstić information content (AvgIpc) is 2.75. The number of nitrogens with one attached hydrogen (secondary N) is 1. The molecule has 2 saturated heterocycles. The van der Waals surface area contributed by atoms with E-state index in [0.717, 1.165) is 6.42 Å². The van der Waals surface area contributed by atoms with Crippen LogP contribution in [0.2, 0.25) is 0 Å². The van der Waals surface area contributed by atoms with Crippen molar-refractivity contribution < 1.29 is 27.0 Å². The Hall–Kier alpha value is -0.400. The standard InChI is InChI=1S/C11H17F4NO2/c12-9(13)11(14,15)6-16-8-1-3-18-10(5-8)2-4-17-7-10/h8-9,16H,1-7H2. The lowest BCUT2D eigenvalue weighted by molar-refractivity contribution is -0.131. The van der Waals surface area contributed by atoms with Crippen LogP contribution in [0.3, 0.4) is 0 Å². The van der Waals surface area contributed by atoms with Gasteiger partial charge in [-0.1, -0.05) is 0 Å².